The largest absolute Gasteiger partial charge is 0.383 e. The first-order chi connectivity index (χ1) is 18.0. The summed E-state index contributed by atoms with van der Waals surface area (Å²) in [5.74, 6) is 6.78. The van der Waals surface area contributed by atoms with Crippen LogP contribution in [0.15, 0.2) is 55.1 Å². The van der Waals surface area contributed by atoms with Crippen LogP contribution < -0.4 is 16.0 Å². The monoisotopic (exact) mass is 493 g/mol. The van der Waals surface area contributed by atoms with E-state index in [-0.39, 0.29) is 11.4 Å². The number of aromatic nitrogens is 4. The Bertz CT molecular complexity index is 1550. The van der Waals surface area contributed by atoms with E-state index in [1.165, 1.54) is 6.33 Å². The van der Waals surface area contributed by atoms with E-state index in [9.17, 15) is 4.79 Å². The molecule has 0 bridgehead atoms. The Morgan fingerprint density at radius 2 is 2.05 bits per heavy atom. The summed E-state index contributed by atoms with van der Waals surface area (Å²) >= 11 is 0. The number of pyridine rings is 1. The van der Waals surface area contributed by atoms with Crippen LogP contribution >= 0.6 is 0 Å². The minimum Gasteiger partial charge on any atom is -0.383 e. The van der Waals surface area contributed by atoms with Crippen LogP contribution in [0.25, 0.3) is 11.0 Å². The lowest BCUT2D eigenvalue weighted by Gasteiger charge is -2.31. The number of hydrogen-bond acceptors (Lipinski definition) is 7. The molecule has 4 aromatic rings. The van der Waals surface area contributed by atoms with Crippen molar-refractivity contribution in [2.24, 2.45) is 0 Å². The minimum atomic E-state index is -0.663. The molecule has 2 aliphatic rings. The van der Waals surface area contributed by atoms with Crippen molar-refractivity contribution < 1.29 is 9.53 Å². The third kappa shape index (κ3) is 4.15. The third-order valence-corrected chi connectivity index (χ3v) is 7.16. The summed E-state index contributed by atoms with van der Waals surface area (Å²) in [6, 6.07) is 11.1. The summed E-state index contributed by atoms with van der Waals surface area (Å²) in [7, 11) is 1.65. The summed E-state index contributed by atoms with van der Waals surface area (Å²) in [6.07, 6.45) is 7.01. The zero-order valence-corrected chi connectivity index (χ0v) is 20.7. The van der Waals surface area contributed by atoms with E-state index in [1.807, 2.05) is 42.6 Å². The number of hydrogen-bond donors (Lipinski definition) is 3. The number of nitrogens with zero attached hydrogens (tertiary/aromatic N) is 4. The number of carbonyl (C=O) groups is 1. The van der Waals surface area contributed by atoms with Crippen LogP contribution in [0.2, 0.25) is 0 Å². The zero-order chi connectivity index (χ0) is 25.6. The molecular formula is C28H27N7O2. The van der Waals surface area contributed by atoms with E-state index in [0.717, 1.165) is 35.0 Å². The van der Waals surface area contributed by atoms with Crippen LogP contribution in [0.3, 0.4) is 0 Å². The van der Waals surface area contributed by atoms with Crippen molar-refractivity contribution in [1.82, 2.24) is 19.9 Å². The fourth-order valence-electron chi connectivity index (χ4n) is 5.00. The van der Waals surface area contributed by atoms with Gasteiger partial charge in [0, 0.05) is 41.7 Å². The Balaban J connectivity index is 1.39. The fourth-order valence-corrected chi connectivity index (χ4v) is 5.00. The average molecular weight is 494 g/mol. The quantitative estimate of drug-likeness (QED) is 0.363. The van der Waals surface area contributed by atoms with Gasteiger partial charge in [-0.3, -0.25) is 4.79 Å². The van der Waals surface area contributed by atoms with E-state index >= 15 is 0 Å². The number of anilines is 3. The predicted octanol–water partition coefficient (Wildman–Crippen LogP) is 3.60. The van der Waals surface area contributed by atoms with E-state index in [2.05, 4.69) is 48.9 Å². The lowest BCUT2D eigenvalue weighted by Crippen LogP contribution is -2.44. The van der Waals surface area contributed by atoms with Crippen molar-refractivity contribution in [2.75, 3.05) is 23.1 Å². The molecule has 2 atom stereocenters. The van der Waals surface area contributed by atoms with Gasteiger partial charge in [-0.1, -0.05) is 24.0 Å². The molecule has 4 heterocycles. The second kappa shape index (κ2) is 8.91. The highest BCUT2D eigenvalue weighted by atomic mass is 16.5. The predicted molar refractivity (Wildman–Crippen MR) is 142 cm³/mol. The molecule has 37 heavy (non-hydrogen) atoms. The number of rotatable bonds is 5. The van der Waals surface area contributed by atoms with Gasteiger partial charge in [-0.2, -0.15) is 0 Å². The molecule has 1 amide bonds. The first-order valence-corrected chi connectivity index (χ1v) is 12.2. The molecule has 186 valence electrons. The van der Waals surface area contributed by atoms with Crippen molar-refractivity contribution in [3.05, 3.63) is 71.8 Å². The van der Waals surface area contributed by atoms with Crippen molar-refractivity contribution in [1.29, 1.82) is 0 Å². The molecule has 6 rings (SSSR count). The molecule has 1 aliphatic carbocycles. The molecule has 1 aliphatic heterocycles. The van der Waals surface area contributed by atoms with Crippen molar-refractivity contribution in [3.8, 4) is 11.8 Å². The summed E-state index contributed by atoms with van der Waals surface area (Å²) in [4.78, 5) is 32.4. The number of aromatic amines is 1. The number of fused-ring (bicyclic) bond motifs is 2. The number of nitrogens with one attached hydrogen (secondary N) is 2. The van der Waals surface area contributed by atoms with E-state index in [4.69, 9.17) is 10.5 Å². The van der Waals surface area contributed by atoms with Gasteiger partial charge in [0.1, 0.15) is 35.6 Å². The molecule has 1 aromatic carbocycles. The van der Waals surface area contributed by atoms with Gasteiger partial charge in [0.2, 0.25) is 5.91 Å². The van der Waals surface area contributed by atoms with Gasteiger partial charge in [0.15, 0.2) is 0 Å². The summed E-state index contributed by atoms with van der Waals surface area (Å²) < 4.78 is 5.19. The molecule has 0 spiro atoms. The highest BCUT2D eigenvalue weighted by Gasteiger charge is 2.55. The molecule has 2 unspecified atom stereocenters. The molecule has 3 aromatic heterocycles. The number of H-pyrrole nitrogens is 1. The highest BCUT2D eigenvalue weighted by Crippen LogP contribution is 2.53. The number of nitrogen functional groups attached to an aromatic ring is 1. The van der Waals surface area contributed by atoms with Gasteiger partial charge >= 0.3 is 0 Å². The van der Waals surface area contributed by atoms with Crippen LogP contribution in [-0.4, -0.2) is 44.5 Å². The summed E-state index contributed by atoms with van der Waals surface area (Å²) in [5, 5.41) is 4.04. The number of carbonyl (C=O) groups excluding carboxylic acids is 1. The van der Waals surface area contributed by atoms with Gasteiger partial charge < -0.3 is 25.7 Å². The Labute approximate surface area is 214 Å². The molecule has 9 heteroatoms. The van der Waals surface area contributed by atoms with Crippen LogP contribution in [0.1, 0.15) is 42.4 Å². The lowest BCUT2D eigenvalue weighted by molar-refractivity contribution is -0.117. The first-order valence-electron chi connectivity index (χ1n) is 12.2. The fraction of sp³-hybridized carbons (Fsp3) is 0.286. The second-order valence-corrected chi connectivity index (χ2v) is 9.81. The van der Waals surface area contributed by atoms with Crippen molar-refractivity contribution in [2.45, 2.75) is 43.9 Å². The molecule has 4 N–H and O–H groups in total. The second-order valence-electron chi connectivity index (χ2n) is 9.81. The molecule has 0 radical (unpaired) electrons. The Kier molecular flexibility index (Phi) is 5.54. The van der Waals surface area contributed by atoms with Crippen LogP contribution in [0, 0.1) is 11.8 Å². The summed E-state index contributed by atoms with van der Waals surface area (Å²) in [5.41, 5.74) is 10.1. The normalized spacial score (nSPS) is 19.2. The minimum absolute atomic E-state index is 0.144. The molecular weight excluding hydrogens is 466 g/mol. The molecule has 9 nitrogen and oxygen atoms in total. The number of methoxy groups -OCH3 is 1. The first kappa shape index (κ1) is 23.0. The Morgan fingerprint density at radius 1 is 1.24 bits per heavy atom. The lowest BCUT2D eigenvalue weighted by atomic mass is 9.94. The standard InChI is InChI=1S/C28H27N7O2/c1-28(10-11-28)35-21(8-5-18-13-19-9-12-30-25(19)31-14-18)22(23-24(29)32-16-33-26(23)35)27(36)34-20-6-3-17(4-7-20)15-37-2/h3-4,6-7,9,12-14,16,21-22H,10-11,15H2,1-2H3,(H,30,31)(H,34,36)(H2,29,32,33). The van der Waals surface area contributed by atoms with Gasteiger partial charge in [-0.25, -0.2) is 15.0 Å². The Hall–Kier alpha value is -4.42. The van der Waals surface area contributed by atoms with E-state index < -0.39 is 12.0 Å². The van der Waals surface area contributed by atoms with Crippen LogP contribution in [0.4, 0.5) is 17.3 Å². The molecule has 0 saturated heterocycles. The molecule has 1 fully saturated rings. The van der Waals surface area contributed by atoms with Crippen LogP contribution in [0.5, 0.6) is 0 Å². The third-order valence-electron chi connectivity index (χ3n) is 7.16. The van der Waals surface area contributed by atoms with E-state index in [0.29, 0.717) is 29.5 Å². The smallest absolute Gasteiger partial charge is 0.235 e. The van der Waals surface area contributed by atoms with Gasteiger partial charge in [-0.15, -0.1) is 0 Å². The highest BCUT2D eigenvalue weighted by molar-refractivity contribution is 6.00. The Morgan fingerprint density at radius 3 is 2.81 bits per heavy atom. The van der Waals surface area contributed by atoms with Gasteiger partial charge in [0.25, 0.3) is 0 Å². The zero-order valence-electron chi connectivity index (χ0n) is 20.7. The number of amides is 1. The maximum Gasteiger partial charge on any atom is 0.235 e. The summed E-state index contributed by atoms with van der Waals surface area (Å²) in [6.45, 7) is 2.68. The number of benzene rings is 1. The van der Waals surface area contributed by atoms with Crippen molar-refractivity contribution >= 4 is 34.3 Å². The maximum atomic E-state index is 13.8. The van der Waals surface area contributed by atoms with Gasteiger partial charge in [-0.05, 0) is 49.6 Å². The molecule has 1 saturated carbocycles. The number of ether oxygens (including phenoxy) is 1. The topological polar surface area (TPSA) is 122 Å². The van der Waals surface area contributed by atoms with Gasteiger partial charge in [0.05, 0.1) is 12.2 Å². The number of nitrogens with two attached hydrogens (primary N) is 1. The van der Waals surface area contributed by atoms with E-state index in [1.54, 1.807) is 13.3 Å². The SMILES string of the molecule is COCc1ccc(NC(=O)C2c3c(N)ncnc3N(C3(C)CC3)C2C#Cc2cnc3[nH]ccc3c2)cc1. The average Bonchev–Trinajstić information content (AvgIpc) is 3.31. The van der Waals surface area contributed by atoms with Crippen molar-refractivity contribution in [3.63, 3.8) is 0 Å². The van der Waals surface area contributed by atoms with Crippen LogP contribution in [-0.2, 0) is 16.1 Å². The maximum absolute atomic E-state index is 13.8.